The summed E-state index contributed by atoms with van der Waals surface area (Å²) in [6.45, 7) is 0.716. The van der Waals surface area contributed by atoms with Crippen LogP contribution in [0.4, 0.5) is 5.95 Å². The Morgan fingerprint density at radius 1 is 1.35 bits per heavy atom. The fourth-order valence-electron chi connectivity index (χ4n) is 1.86. The highest BCUT2D eigenvalue weighted by Crippen LogP contribution is 2.17. The van der Waals surface area contributed by atoms with Crippen molar-refractivity contribution in [2.75, 3.05) is 5.32 Å². The van der Waals surface area contributed by atoms with Gasteiger partial charge in [0.15, 0.2) is 0 Å². The first-order valence-corrected chi connectivity index (χ1v) is 5.47. The molecule has 86 valence electrons. The van der Waals surface area contributed by atoms with Gasteiger partial charge in [0, 0.05) is 25.4 Å². The number of hydrogen-bond acceptors (Lipinski definition) is 3. The minimum Gasteiger partial charge on any atom is -0.351 e. The van der Waals surface area contributed by atoms with E-state index in [9.17, 15) is 0 Å². The van der Waals surface area contributed by atoms with E-state index >= 15 is 0 Å². The predicted octanol–water partition coefficient (Wildman–Crippen LogP) is 1.91. The van der Waals surface area contributed by atoms with E-state index < -0.39 is 0 Å². The van der Waals surface area contributed by atoms with E-state index in [2.05, 4.69) is 31.1 Å². The lowest BCUT2D eigenvalue weighted by Gasteiger charge is -2.04. The third-order valence-corrected chi connectivity index (χ3v) is 2.79. The summed E-state index contributed by atoms with van der Waals surface area (Å²) in [5.41, 5.74) is 3.24. The molecule has 0 aliphatic heterocycles. The first-order valence-electron chi connectivity index (χ1n) is 5.47. The molecule has 0 atom stereocenters. The Bertz CT molecular complexity index is 623. The van der Waals surface area contributed by atoms with Gasteiger partial charge in [0.1, 0.15) is 0 Å². The van der Waals surface area contributed by atoms with Gasteiger partial charge < -0.3 is 9.88 Å². The Morgan fingerprint density at radius 3 is 3.00 bits per heavy atom. The Balaban J connectivity index is 1.88. The zero-order chi connectivity index (χ0) is 11.7. The SMILES string of the molecule is Cn1c(NCc2cn[nH]c2)nc2ccccc21. The number of aromatic nitrogens is 4. The van der Waals surface area contributed by atoms with Gasteiger partial charge in [-0.25, -0.2) is 4.98 Å². The number of H-pyrrole nitrogens is 1. The van der Waals surface area contributed by atoms with E-state index in [1.807, 2.05) is 31.4 Å². The molecule has 2 heterocycles. The molecule has 0 aliphatic carbocycles. The van der Waals surface area contributed by atoms with Gasteiger partial charge in [-0.05, 0) is 12.1 Å². The number of nitrogens with one attached hydrogen (secondary N) is 2. The van der Waals surface area contributed by atoms with Crippen LogP contribution in [0.2, 0.25) is 0 Å². The molecular weight excluding hydrogens is 214 g/mol. The molecule has 0 fully saturated rings. The van der Waals surface area contributed by atoms with Crippen LogP contribution >= 0.6 is 0 Å². The Kier molecular flexibility index (Phi) is 2.29. The van der Waals surface area contributed by atoms with Crippen LogP contribution in [-0.4, -0.2) is 19.7 Å². The minimum atomic E-state index is 0.716. The number of aromatic amines is 1. The summed E-state index contributed by atoms with van der Waals surface area (Å²) in [5.74, 6) is 0.868. The highest BCUT2D eigenvalue weighted by Gasteiger charge is 2.06. The molecule has 0 unspecified atom stereocenters. The number of anilines is 1. The van der Waals surface area contributed by atoms with Crippen LogP contribution < -0.4 is 5.32 Å². The molecule has 2 N–H and O–H groups in total. The van der Waals surface area contributed by atoms with Gasteiger partial charge >= 0.3 is 0 Å². The van der Waals surface area contributed by atoms with E-state index in [1.54, 1.807) is 6.20 Å². The van der Waals surface area contributed by atoms with Crippen molar-refractivity contribution in [1.82, 2.24) is 19.7 Å². The average Bonchev–Trinajstić information content (AvgIpc) is 2.96. The lowest BCUT2D eigenvalue weighted by Crippen LogP contribution is -2.04. The van der Waals surface area contributed by atoms with E-state index in [0.717, 1.165) is 22.5 Å². The van der Waals surface area contributed by atoms with Gasteiger partial charge in [-0.3, -0.25) is 5.10 Å². The summed E-state index contributed by atoms with van der Waals surface area (Å²) in [5, 5.41) is 9.99. The molecule has 0 amide bonds. The molecule has 0 aliphatic rings. The van der Waals surface area contributed by atoms with E-state index in [0.29, 0.717) is 6.54 Å². The number of nitrogens with zero attached hydrogens (tertiary/aromatic N) is 3. The molecule has 0 spiro atoms. The molecule has 0 radical (unpaired) electrons. The number of aryl methyl sites for hydroxylation is 1. The second-order valence-electron chi connectivity index (χ2n) is 3.94. The summed E-state index contributed by atoms with van der Waals surface area (Å²) >= 11 is 0. The highest BCUT2D eigenvalue weighted by atomic mass is 15.2. The van der Waals surface area contributed by atoms with Crippen molar-refractivity contribution in [3.8, 4) is 0 Å². The quantitative estimate of drug-likeness (QED) is 0.718. The van der Waals surface area contributed by atoms with Crippen LogP contribution in [0, 0.1) is 0 Å². The molecular formula is C12H13N5. The first-order chi connectivity index (χ1) is 8.34. The Hall–Kier alpha value is -2.30. The monoisotopic (exact) mass is 227 g/mol. The molecule has 0 saturated heterocycles. The second-order valence-corrected chi connectivity index (χ2v) is 3.94. The number of imidazole rings is 1. The smallest absolute Gasteiger partial charge is 0.203 e. The number of fused-ring (bicyclic) bond motifs is 1. The molecule has 0 bridgehead atoms. The fraction of sp³-hybridized carbons (Fsp3) is 0.167. The number of rotatable bonds is 3. The van der Waals surface area contributed by atoms with Gasteiger partial charge in [-0.1, -0.05) is 12.1 Å². The van der Waals surface area contributed by atoms with Crippen molar-refractivity contribution in [3.05, 3.63) is 42.2 Å². The third-order valence-electron chi connectivity index (χ3n) is 2.79. The first kappa shape index (κ1) is 9.89. The summed E-state index contributed by atoms with van der Waals surface area (Å²) in [4.78, 5) is 4.53. The molecule has 3 aromatic rings. The van der Waals surface area contributed by atoms with E-state index in [-0.39, 0.29) is 0 Å². The van der Waals surface area contributed by atoms with Crippen molar-refractivity contribution in [2.24, 2.45) is 7.05 Å². The third kappa shape index (κ3) is 1.75. The van der Waals surface area contributed by atoms with Crippen molar-refractivity contribution in [2.45, 2.75) is 6.54 Å². The second kappa shape index (κ2) is 3.93. The molecule has 0 saturated carbocycles. The lowest BCUT2D eigenvalue weighted by molar-refractivity contribution is 0.928. The van der Waals surface area contributed by atoms with Crippen LogP contribution in [0.25, 0.3) is 11.0 Å². The van der Waals surface area contributed by atoms with Crippen LogP contribution in [-0.2, 0) is 13.6 Å². The van der Waals surface area contributed by atoms with Crippen LogP contribution in [0.3, 0.4) is 0 Å². The predicted molar refractivity (Wildman–Crippen MR) is 66.6 cm³/mol. The zero-order valence-electron chi connectivity index (χ0n) is 9.51. The van der Waals surface area contributed by atoms with Gasteiger partial charge in [-0.2, -0.15) is 5.10 Å². The molecule has 5 nitrogen and oxygen atoms in total. The lowest BCUT2D eigenvalue weighted by atomic mass is 10.3. The molecule has 5 heteroatoms. The van der Waals surface area contributed by atoms with Crippen LogP contribution in [0.15, 0.2) is 36.7 Å². The molecule has 3 rings (SSSR count). The van der Waals surface area contributed by atoms with Gasteiger partial charge in [-0.15, -0.1) is 0 Å². The Morgan fingerprint density at radius 2 is 2.24 bits per heavy atom. The van der Waals surface area contributed by atoms with E-state index in [4.69, 9.17) is 0 Å². The van der Waals surface area contributed by atoms with Crippen molar-refractivity contribution < 1.29 is 0 Å². The maximum atomic E-state index is 4.53. The maximum Gasteiger partial charge on any atom is 0.203 e. The van der Waals surface area contributed by atoms with Gasteiger partial charge in [0.05, 0.1) is 17.2 Å². The molecule has 1 aromatic carbocycles. The summed E-state index contributed by atoms with van der Waals surface area (Å²) in [7, 11) is 2.01. The minimum absolute atomic E-state index is 0.716. The molecule has 17 heavy (non-hydrogen) atoms. The molecule has 2 aromatic heterocycles. The number of hydrogen-bond donors (Lipinski definition) is 2. The highest BCUT2D eigenvalue weighted by molar-refractivity contribution is 5.78. The number of para-hydroxylation sites is 2. The van der Waals surface area contributed by atoms with E-state index in [1.165, 1.54) is 0 Å². The Labute approximate surface area is 98.5 Å². The van der Waals surface area contributed by atoms with Gasteiger partial charge in [0.2, 0.25) is 5.95 Å². The van der Waals surface area contributed by atoms with Crippen molar-refractivity contribution in [3.63, 3.8) is 0 Å². The topological polar surface area (TPSA) is 58.5 Å². The average molecular weight is 227 g/mol. The summed E-state index contributed by atoms with van der Waals surface area (Å²) < 4.78 is 2.05. The van der Waals surface area contributed by atoms with Crippen LogP contribution in [0.1, 0.15) is 5.56 Å². The summed E-state index contributed by atoms with van der Waals surface area (Å²) in [6, 6.07) is 8.09. The zero-order valence-corrected chi connectivity index (χ0v) is 9.51. The maximum absolute atomic E-state index is 4.53. The standard InChI is InChI=1S/C12H13N5/c1-17-11-5-3-2-4-10(11)16-12(17)13-6-9-7-14-15-8-9/h2-5,7-8H,6H2,1H3,(H,13,16)(H,14,15). The van der Waals surface area contributed by atoms with Crippen molar-refractivity contribution in [1.29, 1.82) is 0 Å². The van der Waals surface area contributed by atoms with Crippen molar-refractivity contribution >= 4 is 17.0 Å². The summed E-state index contributed by atoms with van der Waals surface area (Å²) in [6.07, 6.45) is 3.67. The van der Waals surface area contributed by atoms with Gasteiger partial charge in [0.25, 0.3) is 0 Å². The number of benzene rings is 1. The normalized spacial score (nSPS) is 10.9. The fourth-order valence-corrected chi connectivity index (χ4v) is 1.86. The van der Waals surface area contributed by atoms with Crippen LogP contribution in [0.5, 0.6) is 0 Å². The largest absolute Gasteiger partial charge is 0.351 e.